The van der Waals surface area contributed by atoms with Crippen molar-refractivity contribution in [1.82, 2.24) is 0 Å². The average Bonchev–Trinajstić information content (AvgIpc) is 2.79. The summed E-state index contributed by atoms with van der Waals surface area (Å²) in [6.45, 7) is 7.20. The molecule has 0 saturated carbocycles. The summed E-state index contributed by atoms with van der Waals surface area (Å²) >= 11 is 3.40. The van der Waals surface area contributed by atoms with Gasteiger partial charge in [-0.2, -0.15) is 0 Å². The molecule has 0 aromatic heterocycles. The van der Waals surface area contributed by atoms with Crippen LogP contribution in [0.1, 0.15) is 54.6 Å². The lowest BCUT2D eigenvalue weighted by Gasteiger charge is -2.24. The molecular formula is C26H33BrO5. The molecule has 1 atom stereocenters. The van der Waals surface area contributed by atoms with E-state index in [1.54, 1.807) is 13.2 Å². The van der Waals surface area contributed by atoms with Crippen molar-refractivity contribution in [1.29, 1.82) is 0 Å². The predicted molar refractivity (Wildman–Crippen MR) is 131 cm³/mol. The second-order valence-electron chi connectivity index (χ2n) is 7.87. The van der Waals surface area contributed by atoms with Gasteiger partial charge in [0.25, 0.3) is 0 Å². The number of benzene rings is 2. The van der Waals surface area contributed by atoms with Crippen molar-refractivity contribution in [2.75, 3.05) is 20.5 Å². The van der Waals surface area contributed by atoms with Gasteiger partial charge in [0.05, 0.1) is 11.1 Å². The van der Waals surface area contributed by atoms with E-state index in [2.05, 4.69) is 35.9 Å². The largest absolute Gasteiger partial charge is 0.466 e. The fraction of sp³-hybridized carbons (Fsp3) is 0.423. The molecule has 0 aliphatic carbocycles. The minimum absolute atomic E-state index is 0.156. The van der Waals surface area contributed by atoms with E-state index in [0.29, 0.717) is 5.56 Å². The maximum Gasteiger partial charge on any atom is 0.199 e. The van der Waals surface area contributed by atoms with Crippen molar-refractivity contribution < 1.29 is 23.7 Å². The van der Waals surface area contributed by atoms with Crippen LogP contribution in [0.5, 0.6) is 11.5 Å². The fourth-order valence-corrected chi connectivity index (χ4v) is 3.66. The number of aryl methyl sites for hydroxylation is 1. The normalized spacial score (nSPS) is 15.2. The SMILES string of the molecule is CC(C)=CCc1cc(C=O)ccc1OC1CCCCO1.COCOc1ccc(C)cc1Br. The Labute approximate surface area is 199 Å². The number of methoxy groups -OCH3 is 1. The number of halogens is 1. The molecule has 0 N–H and O–H groups in total. The smallest absolute Gasteiger partial charge is 0.199 e. The van der Waals surface area contributed by atoms with Crippen LogP contribution in [-0.4, -0.2) is 33.1 Å². The van der Waals surface area contributed by atoms with Crippen LogP contribution in [0, 0.1) is 6.92 Å². The van der Waals surface area contributed by atoms with E-state index in [-0.39, 0.29) is 13.1 Å². The Morgan fingerprint density at radius 3 is 2.56 bits per heavy atom. The molecule has 6 heteroatoms. The van der Waals surface area contributed by atoms with Gasteiger partial charge in [-0.15, -0.1) is 0 Å². The van der Waals surface area contributed by atoms with E-state index in [1.165, 1.54) is 11.1 Å². The highest BCUT2D eigenvalue weighted by Crippen LogP contribution is 2.26. The van der Waals surface area contributed by atoms with Crippen LogP contribution in [-0.2, 0) is 15.9 Å². The number of hydrogen-bond donors (Lipinski definition) is 0. The Kier molecular flexibility index (Phi) is 11.5. The second kappa shape index (κ2) is 14.1. The molecule has 1 unspecified atom stereocenters. The summed E-state index contributed by atoms with van der Waals surface area (Å²) < 4.78 is 22.6. The zero-order valence-corrected chi connectivity index (χ0v) is 20.9. The first-order chi connectivity index (χ1) is 15.4. The lowest BCUT2D eigenvalue weighted by molar-refractivity contribution is -0.106. The highest BCUT2D eigenvalue weighted by Gasteiger charge is 2.16. The van der Waals surface area contributed by atoms with Crippen molar-refractivity contribution in [2.45, 2.75) is 52.7 Å². The Hall–Kier alpha value is -2.15. The van der Waals surface area contributed by atoms with E-state index >= 15 is 0 Å². The first-order valence-electron chi connectivity index (χ1n) is 10.8. The van der Waals surface area contributed by atoms with Crippen LogP contribution in [0.25, 0.3) is 0 Å². The monoisotopic (exact) mass is 504 g/mol. The van der Waals surface area contributed by atoms with Crippen molar-refractivity contribution in [3.8, 4) is 11.5 Å². The van der Waals surface area contributed by atoms with Crippen LogP contribution in [0.2, 0.25) is 0 Å². The minimum atomic E-state index is -0.156. The second-order valence-corrected chi connectivity index (χ2v) is 8.72. The predicted octanol–water partition coefficient (Wildman–Crippen LogP) is 6.65. The molecule has 32 heavy (non-hydrogen) atoms. The number of carbonyl (C=O) groups is 1. The first-order valence-corrected chi connectivity index (χ1v) is 11.6. The molecule has 1 saturated heterocycles. The number of carbonyl (C=O) groups excluding carboxylic acids is 1. The van der Waals surface area contributed by atoms with Crippen molar-refractivity contribution in [2.24, 2.45) is 0 Å². The summed E-state index contributed by atoms with van der Waals surface area (Å²) in [6, 6.07) is 11.5. The van der Waals surface area contributed by atoms with E-state index in [4.69, 9.17) is 18.9 Å². The molecule has 2 aromatic carbocycles. The molecule has 3 rings (SSSR count). The highest BCUT2D eigenvalue weighted by molar-refractivity contribution is 9.10. The third-order valence-electron chi connectivity index (χ3n) is 4.77. The first kappa shape index (κ1) is 26.1. The van der Waals surface area contributed by atoms with Crippen molar-refractivity contribution in [3.05, 3.63) is 69.2 Å². The van der Waals surface area contributed by atoms with E-state index in [9.17, 15) is 4.79 Å². The van der Waals surface area contributed by atoms with Gasteiger partial charge >= 0.3 is 0 Å². The molecule has 1 fully saturated rings. The Bertz CT molecular complexity index is 884. The summed E-state index contributed by atoms with van der Waals surface area (Å²) in [5.41, 5.74) is 4.16. The molecule has 2 aromatic rings. The van der Waals surface area contributed by atoms with Gasteiger partial charge in [0.1, 0.15) is 17.8 Å². The summed E-state index contributed by atoms with van der Waals surface area (Å²) in [5, 5.41) is 0. The number of hydrogen-bond acceptors (Lipinski definition) is 5. The molecule has 1 heterocycles. The topological polar surface area (TPSA) is 54.0 Å². The van der Waals surface area contributed by atoms with Gasteiger partial charge in [0, 0.05) is 19.1 Å². The number of rotatable bonds is 8. The van der Waals surface area contributed by atoms with Crippen LogP contribution in [0.15, 0.2) is 52.5 Å². The number of allylic oxidation sites excluding steroid dienone is 2. The number of aldehydes is 1. The van der Waals surface area contributed by atoms with Crippen LogP contribution >= 0.6 is 15.9 Å². The van der Waals surface area contributed by atoms with Crippen LogP contribution in [0.4, 0.5) is 0 Å². The summed E-state index contributed by atoms with van der Waals surface area (Å²) in [7, 11) is 1.60. The average molecular weight is 505 g/mol. The summed E-state index contributed by atoms with van der Waals surface area (Å²) in [4.78, 5) is 10.9. The molecule has 0 radical (unpaired) electrons. The van der Waals surface area contributed by atoms with Gasteiger partial charge in [0.15, 0.2) is 13.1 Å². The van der Waals surface area contributed by atoms with E-state index in [1.807, 2.05) is 37.3 Å². The molecule has 174 valence electrons. The van der Waals surface area contributed by atoms with Gasteiger partial charge < -0.3 is 18.9 Å². The third-order valence-corrected chi connectivity index (χ3v) is 5.39. The Balaban J connectivity index is 0.000000258. The minimum Gasteiger partial charge on any atom is -0.466 e. The van der Waals surface area contributed by atoms with Crippen LogP contribution < -0.4 is 9.47 Å². The maximum absolute atomic E-state index is 10.9. The molecule has 1 aliphatic heterocycles. The van der Waals surface area contributed by atoms with Crippen molar-refractivity contribution >= 4 is 22.2 Å². The Morgan fingerprint density at radius 2 is 1.94 bits per heavy atom. The molecule has 5 nitrogen and oxygen atoms in total. The standard InChI is InChI=1S/C17H22O3.C9H11BrO2/c1-13(2)6-8-15-11-14(12-18)7-9-16(15)20-17-5-3-4-10-19-17;1-7-3-4-9(8(10)5-7)12-6-11-2/h6-7,9,11-12,17H,3-5,8,10H2,1-2H3;3-5H,6H2,1-2H3. The van der Waals surface area contributed by atoms with Gasteiger partial charge in [-0.25, -0.2) is 0 Å². The van der Waals surface area contributed by atoms with Crippen LogP contribution in [0.3, 0.4) is 0 Å². The van der Waals surface area contributed by atoms with Crippen molar-refractivity contribution in [3.63, 3.8) is 0 Å². The van der Waals surface area contributed by atoms with Gasteiger partial charge in [-0.05, 0) is 97.4 Å². The third kappa shape index (κ3) is 9.15. The quantitative estimate of drug-likeness (QED) is 0.228. The summed E-state index contributed by atoms with van der Waals surface area (Å²) in [6.07, 6.45) is 6.79. The molecule has 0 spiro atoms. The summed E-state index contributed by atoms with van der Waals surface area (Å²) in [5.74, 6) is 1.63. The van der Waals surface area contributed by atoms with E-state index in [0.717, 1.165) is 60.1 Å². The zero-order chi connectivity index (χ0) is 23.3. The molecule has 0 bridgehead atoms. The zero-order valence-electron chi connectivity index (χ0n) is 19.4. The number of ether oxygens (including phenoxy) is 4. The Morgan fingerprint density at radius 1 is 1.16 bits per heavy atom. The lowest BCUT2D eigenvalue weighted by Crippen LogP contribution is -2.25. The molecule has 0 amide bonds. The molecule has 1 aliphatic rings. The lowest BCUT2D eigenvalue weighted by atomic mass is 10.1. The van der Waals surface area contributed by atoms with Gasteiger partial charge in [0.2, 0.25) is 0 Å². The van der Waals surface area contributed by atoms with Gasteiger partial charge in [-0.3, -0.25) is 4.79 Å². The fourth-order valence-electron chi connectivity index (χ4n) is 3.05. The van der Waals surface area contributed by atoms with Gasteiger partial charge in [-0.1, -0.05) is 17.7 Å². The van der Waals surface area contributed by atoms with E-state index < -0.39 is 0 Å². The maximum atomic E-state index is 10.9. The molecular weight excluding hydrogens is 472 g/mol. The highest BCUT2D eigenvalue weighted by atomic mass is 79.9.